The van der Waals surface area contributed by atoms with Crippen LogP contribution in [0.1, 0.15) is 47.8 Å². The van der Waals surface area contributed by atoms with Gasteiger partial charge in [0.15, 0.2) is 0 Å². The second kappa shape index (κ2) is 9.34. The number of aryl methyl sites for hydroxylation is 2. The molecule has 0 bridgehead atoms. The molecule has 0 radical (unpaired) electrons. The third kappa shape index (κ3) is 4.80. The molecule has 6 heteroatoms. The van der Waals surface area contributed by atoms with Crippen LogP contribution in [0.3, 0.4) is 0 Å². The fourth-order valence-electron chi connectivity index (χ4n) is 3.16. The maximum Gasteiger partial charge on any atom is 0.253 e. The molecule has 2 rings (SSSR count). The number of carbonyl (C=O) groups is 1. The van der Waals surface area contributed by atoms with Gasteiger partial charge in [0.05, 0.1) is 4.90 Å². The lowest BCUT2D eigenvalue weighted by molar-refractivity contribution is 0.0785. The Morgan fingerprint density at radius 2 is 1.50 bits per heavy atom. The van der Waals surface area contributed by atoms with Gasteiger partial charge in [-0.1, -0.05) is 51.1 Å². The molecule has 0 aromatic heterocycles. The molecule has 0 atom stereocenters. The van der Waals surface area contributed by atoms with Gasteiger partial charge in [-0.05, 0) is 42.2 Å². The molecule has 2 aromatic carbocycles. The highest BCUT2D eigenvalue weighted by Crippen LogP contribution is 2.22. The third-order valence-electron chi connectivity index (χ3n) is 4.96. The fourth-order valence-corrected chi connectivity index (χ4v) is 4.87. The lowest BCUT2D eigenvalue weighted by Crippen LogP contribution is -2.31. The van der Waals surface area contributed by atoms with Crippen molar-refractivity contribution in [2.45, 2.75) is 45.6 Å². The minimum atomic E-state index is -3.62. The van der Waals surface area contributed by atoms with E-state index in [0.717, 1.165) is 12.0 Å². The van der Waals surface area contributed by atoms with E-state index in [1.165, 1.54) is 15.9 Å². The summed E-state index contributed by atoms with van der Waals surface area (Å²) in [6, 6.07) is 13.1. The van der Waals surface area contributed by atoms with Gasteiger partial charge in [-0.3, -0.25) is 4.79 Å². The summed E-state index contributed by atoms with van der Waals surface area (Å²) in [7, 11) is -1.89. The number of hydrogen-bond acceptors (Lipinski definition) is 3. The maximum atomic E-state index is 12.9. The molecule has 5 nitrogen and oxygen atoms in total. The fraction of sp³-hybridized carbons (Fsp3) is 0.409. The lowest BCUT2D eigenvalue weighted by atomic mass is 10.1. The first-order valence-electron chi connectivity index (χ1n) is 9.68. The van der Waals surface area contributed by atoms with E-state index in [4.69, 9.17) is 0 Å². The summed E-state index contributed by atoms with van der Waals surface area (Å²) >= 11 is 0. The maximum absolute atomic E-state index is 12.9. The Morgan fingerprint density at radius 3 is 2.04 bits per heavy atom. The topological polar surface area (TPSA) is 57.7 Å². The highest BCUT2D eigenvalue weighted by atomic mass is 32.2. The van der Waals surface area contributed by atoms with Crippen LogP contribution in [0.25, 0.3) is 0 Å². The lowest BCUT2D eigenvalue weighted by Gasteiger charge is -2.21. The molecule has 0 aliphatic rings. The Morgan fingerprint density at radius 1 is 0.929 bits per heavy atom. The summed E-state index contributed by atoms with van der Waals surface area (Å²) in [5.74, 6) is -0.199. The van der Waals surface area contributed by atoms with Crippen LogP contribution in [0.5, 0.6) is 0 Å². The monoisotopic (exact) mass is 402 g/mol. The van der Waals surface area contributed by atoms with Crippen LogP contribution < -0.4 is 0 Å². The Bertz CT molecular complexity index is 917. The molecule has 0 N–H and O–H groups in total. The molecule has 28 heavy (non-hydrogen) atoms. The molecule has 0 fully saturated rings. The first-order valence-corrected chi connectivity index (χ1v) is 11.1. The number of hydrogen-bond donors (Lipinski definition) is 0. The number of sulfonamides is 1. The van der Waals surface area contributed by atoms with Crippen LogP contribution >= 0.6 is 0 Å². The number of nitrogens with zero attached hydrogens (tertiary/aromatic N) is 2. The summed E-state index contributed by atoms with van der Waals surface area (Å²) in [5, 5.41) is 0. The van der Waals surface area contributed by atoms with Crippen LogP contribution in [-0.2, 0) is 23.0 Å². The number of benzene rings is 2. The normalized spacial score (nSPS) is 11.6. The van der Waals surface area contributed by atoms with Crippen molar-refractivity contribution in [3.05, 3.63) is 64.7 Å². The second-order valence-electron chi connectivity index (χ2n) is 6.90. The van der Waals surface area contributed by atoms with Gasteiger partial charge in [-0.25, -0.2) is 8.42 Å². The van der Waals surface area contributed by atoms with Gasteiger partial charge in [-0.15, -0.1) is 0 Å². The van der Waals surface area contributed by atoms with Gasteiger partial charge in [0.1, 0.15) is 0 Å². The van der Waals surface area contributed by atoms with Gasteiger partial charge < -0.3 is 4.90 Å². The van der Waals surface area contributed by atoms with Gasteiger partial charge in [0, 0.05) is 32.2 Å². The highest BCUT2D eigenvalue weighted by molar-refractivity contribution is 7.89. The average Bonchev–Trinajstić information content (AvgIpc) is 2.69. The molecule has 0 unspecified atom stereocenters. The molecule has 0 saturated carbocycles. The summed E-state index contributed by atoms with van der Waals surface area (Å²) in [6.07, 6.45) is 0.974. The van der Waals surface area contributed by atoms with Crippen molar-refractivity contribution >= 4 is 15.9 Å². The minimum Gasteiger partial charge on any atom is -0.337 e. The Kier molecular flexibility index (Phi) is 7.38. The van der Waals surface area contributed by atoms with Crippen molar-refractivity contribution in [1.82, 2.24) is 9.21 Å². The Hall–Kier alpha value is -2.18. The average molecular weight is 403 g/mol. The zero-order chi connectivity index (χ0) is 20.9. The quantitative estimate of drug-likeness (QED) is 0.674. The van der Waals surface area contributed by atoms with Crippen LogP contribution in [0.15, 0.2) is 47.4 Å². The zero-order valence-corrected chi connectivity index (χ0v) is 18.2. The van der Waals surface area contributed by atoms with E-state index < -0.39 is 10.0 Å². The van der Waals surface area contributed by atoms with Crippen molar-refractivity contribution in [2.24, 2.45) is 0 Å². The minimum absolute atomic E-state index is 0.197. The molecule has 0 aliphatic heterocycles. The molecular weight excluding hydrogens is 372 g/mol. The number of rotatable bonds is 8. The van der Waals surface area contributed by atoms with E-state index >= 15 is 0 Å². The molecule has 0 saturated heterocycles. The molecular formula is C22H30N2O3S. The van der Waals surface area contributed by atoms with Crippen LogP contribution in [0, 0.1) is 6.92 Å². The standard InChI is InChI=1S/C22H30N2O3S/c1-6-18-10-12-19(13-11-18)16-23(5)22(25)20-14-9-17(4)21(15-20)28(26,27)24(7-2)8-3/h9-15H,6-8,16H2,1-5H3. The van der Waals surface area contributed by atoms with Gasteiger partial charge in [-0.2, -0.15) is 4.31 Å². The largest absolute Gasteiger partial charge is 0.337 e. The summed E-state index contributed by atoms with van der Waals surface area (Å²) in [6.45, 7) is 8.73. The van der Waals surface area contributed by atoms with Crippen molar-refractivity contribution in [3.63, 3.8) is 0 Å². The van der Waals surface area contributed by atoms with Gasteiger partial charge >= 0.3 is 0 Å². The van der Waals surface area contributed by atoms with E-state index in [9.17, 15) is 13.2 Å². The molecule has 0 aliphatic carbocycles. The summed E-state index contributed by atoms with van der Waals surface area (Å²) in [4.78, 5) is 14.7. The van der Waals surface area contributed by atoms with Crippen molar-refractivity contribution in [3.8, 4) is 0 Å². The molecule has 2 aromatic rings. The third-order valence-corrected chi connectivity index (χ3v) is 7.15. The highest BCUT2D eigenvalue weighted by Gasteiger charge is 2.25. The van der Waals surface area contributed by atoms with Crippen molar-refractivity contribution in [2.75, 3.05) is 20.1 Å². The zero-order valence-electron chi connectivity index (χ0n) is 17.4. The number of amides is 1. The SMILES string of the molecule is CCc1ccc(CN(C)C(=O)c2ccc(C)c(S(=O)(=O)N(CC)CC)c2)cc1. The van der Waals surface area contributed by atoms with E-state index in [1.54, 1.807) is 31.0 Å². The van der Waals surface area contributed by atoms with Crippen LogP contribution in [0.2, 0.25) is 0 Å². The number of carbonyl (C=O) groups excluding carboxylic acids is 1. The van der Waals surface area contributed by atoms with Crippen LogP contribution in [0.4, 0.5) is 0 Å². The van der Waals surface area contributed by atoms with Crippen LogP contribution in [-0.4, -0.2) is 43.7 Å². The van der Waals surface area contributed by atoms with Gasteiger partial charge in [0.25, 0.3) is 5.91 Å². The van der Waals surface area contributed by atoms with Crippen molar-refractivity contribution in [1.29, 1.82) is 0 Å². The summed E-state index contributed by atoms with van der Waals surface area (Å²) < 4.78 is 27.2. The molecule has 0 heterocycles. The van der Waals surface area contributed by atoms with Crippen molar-refractivity contribution < 1.29 is 13.2 Å². The predicted octanol–water partition coefficient (Wildman–Crippen LogP) is 3.86. The molecule has 0 spiro atoms. The molecule has 152 valence electrons. The van der Waals surface area contributed by atoms with E-state index in [1.807, 2.05) is 26.0 Å². The Balaban J connectivity index is 2.28. The van der Waals surface area contributed by atoms with E-state index in [-0.39, 0.29) is 10.8 Å². The smallest absolute Gasteiger partial charge is 0.253 e. The first kappa shape index (κ1) is 22.1. The van der Waals surface area contributed by atoms with Gasteiger partial charge in [0.2, 0.25) is 10.0 Å². The van der Waals surface area contributed by atoms with E-state index in [0.29, 0.717) is 30.8 Å². The Labute approximate surface area is 169 Å². The molecule has 1 amide bonds. The first-order chi connectivity index (χ1) is 13.2. The van der Waals surface area contributed by atoms with E-state index in [2.05, 4.69) is 19.1 Å². The predicted molar refractivity (Wildman–Crippen MR) is 113 cm³/mol. The second-order valence-corrected chi connectivity index (χ2v) is 8.81. The summed E-state index contributed by atoms with van der Waals surface area (Å²) in [5.41, 5.74) is 3.31.